The number of methoxy groups -OCH3 is 1. The summed E-state index contributed by atoms with van der Waals surface area (Å²) in [6, 6.07) is 3.58. The molecule has 0 aliphatic heterocycles. The second-order valence-corrected chi connectivity index (χ2v) is 3.42. The van der Waals surface area contributed by atoms with Gasteiger partial charge in [0.15, 0.2) is 0 Å². The number of ether oxygens (including phenoxy) is 1. The number of nitriles is 1. The van der Waals surface area contributed by atoms with Crippen LogP contribution in [0, 0.1) is 18.3 Å². The van der Waals surface area contributed by atoms with E-state index in [1.807, 2.05) is 6.07 Å². The molecule has 7 nitrogen and oxygen atoms in total. The number of nitrogens with zero attached hydrogens (tertiary/aromatic N) is 5. The van der Waals surface area contributed by atoms with Gasteiger partial charge in [-0.25, -0.2) is 19.7 Å². The minimum absolute atomic E-state index is 0.0508. The van der Waals surface area contributed by atoms with Crippen molar-refractivity contribution in [3.8, 4) is 11.9 Å². The summed E-state index contributed by atoms with van der Waals surface area (Å²) in [7, 11) is 1.26. The summed E-state index contributed by atoms with van der Waals surface area (Å²) >= 11 is 0. The minimum Gasteiger partial charge on any atom is -0.463 e. The third-order valence-corrected chi connectivity index (χ3v) is 2.20. The Balaban J connectivity index is 2.56. The molecule has 0 saturated carbocycles. The van der Waals surface area contributed by atoms with E-state index in [-0.39, 0.29) is 11.6 Å². The first-order valence-corrected chi connectivity index (χ1v) is 5.03. The molecule has 2 rings (SSSR count). The van der Waals surface area contributed by atoms with E-state index in [1.165, 1.54) is 17.9 Å². The lowest BCUT2D eigenvalue weighted by Gasteiger charge is -2.05. The van der Waals surface area contributed by atoms with Crippen LogP contribution in [0.3, 0.4) is 0 Å². The van der Waals surface area contributed by atoms with Crippen LogP contribution in [0.15, 0.2) is 18.5 Å². The van der Waals surface area contributed by atoms with Crippen molar-refractivity contribution in [2.75, 3.05) is 7.11 Å². The lowest BCUT2D eigenvalue weighted by Crippen LogP contribution is -2.11. The van der Waals surface area contributed by atoms with Crippen molar-refractivity contribution < 1.29 is 9.53 Å². The number of esters is 1. The Bertz CT molecular complexity index is 641. The Morgan fingerprint density at radius 3 is 2.94 bits per heavy atom. The first-order chi connectivity index (χ1) is 8.65. The zero-order valence-corrected chi connectivity index (χ0v) is 9.78. The molecule has 0 bridgehead atoms. The van der Waals surface area contributed by atoms with E-state index in [0.717, 1.165) is 0 Å². The molecule has 0 atom stereocenters. The van der Waals surface area contributed by atoms with Crippen molar-refractivity contribution in [1.82, 2.24) is 19.5 Å². The molecule has 0 fully saturated rings. The number of aromatic nitrogens is 4. The Morgan fingerprint density at radius 2 is 2.28 bits per heavy atom. The highest BCUT2D eigenvalue weighted by molar-refractivity contribution is 5.85. The monoisotopic (exact) mass is 243 g/mol. The van der Waals surface area contributed by atoms with Crippen molar-refractivity contribution >= 4 is 5.97 Å². The summed E-state index contributed by atoms with van der Waals surface area (Å²) in [6.45, 7) is 1.72. The summed E-state index contributed by atoms with van der Waals surface area (Å²) < 4.78 is 6.04. The molecule has 0 spiro atoms. The van der Waals surface area contributed by atoms with E-state index in [2.05, 4.69) is 19.7 Å². The van der Waals surface area contributed by atoms with Crippen LogP contribution in [0.2, 0.25) is 0 Å². The first kappa shape index (κ1) is 11.7. The van der Waals surface area contributed by atoms with Gasteiger partial charge in [0.1, 0.15) is 11.9 Å². The fraction of sp³-hybridized carbons (Fsp3) is 0.182. The summed E-state index contributed by atoms with van der Waals surface area (Å²) in [6.07, 6.45) is 3.06. The molecule has 90 valence electrons. The molecule has 2 heterocycles. The lowest BCUT2D eigenvalue weighted by molar-refractivity contribution is 0.0586. The summed E-state index contributed by atoms with van der Waals surface area (Å²) in [5.41, 5.74) is 0.595. The predicted molar refractivity (Wildman–Crippen MR) is 59.9 cm³/mol. The predicted octanol–water partition coefficient (Wildman–Crippen LogP) is 0.629. The second-order valence-electron chi connectivity index (χ2n) is 3.42. The summed E-state index contributed by atoms with van der Waals surface area (Å²) in [5, 5.41) is 8.89. The number of carbonyl (C=O) groups excluding carboxylic acids is 1. The van der Waals surface area contributed by atoms with Crippen LogP contribution in [-0.4, -0.2) is 32.6 Å². The molecule has 2 aromatic heterocycles. The highest BCUT2D eigenvalue weighted by Gasteiger charge is 2.13. The lowest BCUT2D eigenvalue weighted by atomic mass is 10.4. The Hall–Kier alpha value is -2.75. The number of hydrogen-bond acceptors (Lipinski definition) is 6. The Morgan fingerprint density at radius 1 is 1.50 bits per heavy atom. The normalized spacial score (nSPS) is 9.83. The molecule has 0 N–H and O–H groups in total. The molecule has 0 unspecified atom stereocenters. The van der Waals surface area contributed by atoms with Crippen LogP contribution in [0.1, 0.15) is 22.1 Å². The highest BCUT2D eigenvalue weighted by Crippen LogP contribution is 2.09. The van der Waals surface area contributed by atoms with E-state index < -0.39 is 5.97 Å². The number of imidazole rings is 1. The topological polar surface area (TPSA) is 93.7 Å². The third-order valence-electron chi connectivity index (χ3n) is 2.20. The van der Waals surface area contributed by atoms with E-state index in [9.17, 15) is 4.79 Å². The van der Waals surface area contributed by atoms with Gasteiger partial charge in [-0.1, -0.05) is 0 Å². The molecular formula is C11H9N5O2. The molecule has 18 heavy (non-hydrogen) atoms. The molecule has 0 aliphatic rings. The minimum atomic E-state index is -0.626. The van der Waals surface area contributed by atoms with Crippen molar-refractivity contribution in [3.05, 3.63) is 35.8 Å². The maximum Gasteiger partial charge on any atom is 0.376 e. The quantitative estimate of drug-likeness (QED) is 0.718. The molecule has 0 saturated heterocycles. The molecule has 2 aromatic rings. The molecule has 7 heteroatoms. The van der Waals surface area contributed by atoms with Gasteiger partial charge in [-0.2, -0.15) is 5.26 Å². The van der Waals surface area contributed by atoms with E-state index in [4.69, 9.17) is 5.26 Å². The Labute approximate surface area is 103 Å². The van der Waals surface area contributed by atoms with Crippen LogP contribution in [0.4, 0.5) is 0 Å². The maximum absolute atomic E-state index is 11.4. The van der Waals surface area contributed by atoms with Crippen molar-refractivity contribution in [1.29, 1.82) is 5.26 Å². The van der Waals surface area contributed by atoms with E-state index >= 15 is 0 Å². The van der Waals surface area contributed by atoms with Gasteiger partial charge in [0.25, 0.3) is 0 Å². The van der Waals surface area contributed by atoms with E-state index in [1.54, 1.807) is 19.2 Å². The van der Waals surface area contributed by atoms with Crippen molar-refractivity contribution in [2.24, 2.45) is 0 Å². The van der Waals surface area contributed by atoms with Crippen LogP contribution in [0.25, 0.3) is 5.82 Å². The van der Waals surface area contributed by atoms with Crippen LogP contribution in [0.5, 0.6) is 0 Å². The van der Waals surface area contributed by atoms with Gasteiger partial charge in [0.05, 0.1) is 7.11 Å². The second kappa shape index (κ2) is 4.63. The van der Waals surface area contributed by atoms with Crippen molar-refractivity contribution in [3.63, 3.8) is 0 Å². The van der Waals surface area contributed by atoms with Crippen LogP contribution in [-0.2, 0) is 4.74 Å². The van der Waals surface area contributed by atoms with Gasteiger partial charge < -0.3 is 4.74 Å². The average molecular weight is 243 g/mol. The first-order valence-electron chi connectivity index (χ1n) is 5.03. The van der Waals surface area contributed by atoms with Gasteiger partial charge in [0.2, 0.25) is 11.6 Å². The molecule has 0 amide bonds. The maximum atomic E-state index is 11.4. The molecule has 0 radical (unpaired) electrons. The SMILES string of the molecule is COC(=O)c1nc(C)cc(-n2ccnc2C#N)n1. The van der Waals surface area contributed by atoms with Crippen LogP contribution < -0.4 is 0 Å². The van der Waals surface area contributed by atoms with Crippen molar-refractivity contribution in [2.45, 2.75) is 6.92 Å². The summed E-state index contributed by atoms with van der Waals surface area (Å²) in [4.78, 5) is 23.3. The number of rotatable bonds is 2. The van der Waals surface area contributed by atoms with Crippen LogP contribution >= 0.6 is 0 Å². The fourth-order valence-corrected chi connectivity index (χ4v) is 1.43. The number of aryl methyl sites for hydroxylation is 1. The third kappa shape index (κ3) is 2.04. The van der Waals surface area contributed by atoms with Gasteiger partial charge in [-0.15, -0.1) is 0 Å². The largest absolute Gasteiger partial charge is 0.463 e. The van der Waals surface area contributed by atoms with Gasteiger partial charge >= 0.3 is 5.97 Å². The highest BCUT2D eigenvalue weighted by atomic mass is 16.5. The van der Waals surface area contributed by atoms with Gasteiger partial charge in [0, 0.05) is 24.2 Å². The molecule has 0 aromatic carbocycles. The van der Waals surface area contributed by atoms with E-state index in [0.29, 0.717) is 11.5 Å². The smallest absolute Gasteiger partial charge is 0.376 e. The summed E-state index contributed by atoms with van der Waals surface area (Å²) in [5.74, 6) is -0.0930. The standard InChI is InChI=1S/C11H9N5O2/c1-7-5-8(15-10(14-7)11(17)18-2)16-4-3-13-9(16)6-12/h3-5H,1-2H3. The zero-order valence-electron chi connectivity index (χ0n) is 9.78. The molecule has 0 aliphatic carbocycles. The fourth-order valence-electron chi connectivity index (χ4n) is 1.43. The zero-order chi connectivity index (χ0) is 13.1. The molecular weight excluding hydrogens is 234 g/mol. The average Bonchev–Trinajstić information content (AvgIpc) is 2.85. The Kier molecular flexibility index (Phi) is 3.02. The number of carbonyl (C=O) groups is 1. The van der Waals surface area contributed by atoms with Gasteiger partial charge in [-0.3, -0.25) is 4.57 Å². The van der Waals surface area contributed by atoms with Gasteiger partial charge in [-0.05, 0) is 6.92 Å². The number of hydrogen-bond donors (Lipinski definition) is 0.